The van der Waals surface area contributed by atoms with E-state index in [2.05, 4.69) is 15.3 Å². The maximum absolute atomic E-state index is 13.2. The molecule has 3 rings (SSSR count). The SMILES string of the molecule is COc1ccc(-c2nc(C(=O)N[C@H](CO)CC(C)C)c(CN)o2)c2ccc(C(F)(F)F)nc12. The van der Waals surface area contributed by atoms with E-state index in [4.69, 9.17) is 14.9 Å². The van der Waals surface area contributed by atoms with Crippen LogP contribution in [0, 0.1) is 5.92 Å². The minimum absolute atomic E-state index is 0.000722. The van der Waals surface area contributed by atoms with Gasteiger partial charge in [0.25, 0.3) is 5.91 Å². The molecule has 0 saturated carbocycles. The lowest BCUT2D eigenvalue weighted by Gasteiger charge is -2.17. The molecule has 1 amide bonds. The number of aliphatic hydroxyl groups excluding tert-OH is 1. The fraction of sp³-hybridized carbons (Fsp3) is 0.409. The second kappa shape index (κ2) is 9.75. The third-order valence-corrected chi connectivity index (χ3v) is 4.97. The van der Waals surface area contributed by atoms with Crippen molar-refractivity contribution in [2.75, 3.05) is 13.7 Å². The molecule has 0 fully saturated rings. The van der Waals surface area contributed by atoms with E-state index in [0.717, 1.165) is 6.07 Å². The zero-order chi connectivity index (χ0) is 24.3. The van der Waals surface area contributed by atoms with Gasteiger partial charge in [0, 0.05) is 10.9 Å². The number of nitrogens with two attached hydrogens (primary N) is 1. The van der Waals surface area contributed by atoms with Crippen molar-refractivity contribution in [3.63, 3.8) is 0 Å². The Labute approximate surface area is 188 Å². The number of halogens is 3. The summed E-state index contributed by atoms with van der Waals surface area (Å²) in [6.07, 6.45) is -4.07. The second-order valence-electron chi connectivity index (χ2n) is 7.88. The number of hydrogen-bond donors (Lipinski definition) is 3. The number of pyridine rings is 1. The number of aromatic nitrogens is 2. The molecule has 0 unspecified atom stereocenters. The van der Waals surface area contributed by atoms with E-state index in [1.807, 2.05) is 13.8 Å². The summed E-state index contributed by atoms with van der Waals surface area (Å²) in [4.78, 5) is 20.8. The Morgan fingerprint density at radius 1 is 1.24 bits per heavy atom. The Morgan fingerprint density at radius 3 is 2.55 bits per heavy atom. The number of methoxy groups -OCH3 is 1. The summed E-state index contributed by atoms with van der Waals surface area (Å²) in [7, 11) is 1.32. The van der Waals surface area contributed by atoms with Gasteiger partial charge >= 0.3 is 6.18 Å². The van der Waals surface area contributed by atoms with E-state index in [1.54, 1.807) is 6.07 Å². The molecule has 0 radical (unpaired) electrons. The maximum atomic E-state index is 13.2. The number of ether oxygens (including phenoxy) is 1. The lowest BCUT2D eigenvalue weighted by Crippen LogP contribution is -2.39. The summed E-state index contributed by atoms with van der Waals surface area (Å²) >= 11 is 0. The molecule has 0 aliphatic heterocycles. The molecular weight excluding hydrogens is 441 g/mol. The molecule has 8 nitrogen and oxygen atoms in total. The minimum atomic E-state index is -4.63. The van der Waals surface area contributed by atoms with Crippen LogP contribution in [0.4, 0.5) is 13.2 Å². The number of oxazole rings is 1. The molecule has 0 aliphatic carbocycles. The van der Waals surface area contributed by atoms with Crippen molar-refractivity contribution < 1.29 is 32.2 Å². The van der Waals surface area contributed by atoms with Crippen molar-refractivity contribution in [3.8, 4) is 17.2 Å². The first-order valence-electron chi connectivity index (χ1n) is 10.3. The average molecular weight is 466 g/mol. The highest BCUT2D eigenvalue weighted by molar-refractivity contribution is 5.98. The van der Waals surface area contributed by atoms with Gasteiger partial charge in [0.1, 0.15) is 17.0 Å². The van der Waals surface area contributed by atoms with Crippen LogP contribution in [0.2, 0.25) is 0 Å². The summed E-state index contributed by atoms with van der Waals surface area (Å²) in [6.45, 7) is 3.54. The number of nitrogens with zero attached hydrogens (tertiary/aromatic N) is 2. The van der Waals surface area contributed by atoms with Crippen LogP contribution >= 0.6 is 0 Å². The van der Waals surface area contributed by atoms with Crippen LogP contribution in [0.3, 0.4) is 0 Å². The molecule has 33 heavy (non-hydrogen) atoms. The minimum Gasteiger partial charge on any atom is -0.494 e. The van der Waals surface area contributed by atoms with Crippen molar-refractivity contribution in [2.24, 2.45) is 11.7 Å². The monoisotopic (exact) mass is 466 g/mol. The number of benzene rings is 1. The summed E-state index contributed by atoms with van der Waals surface area (Å²) < 4.78 is 50.4. The first-order chi connectivity index (χ1) is 15.6. The second-order valence-corrected chi connectivity index (χ2v) is 7.88. The van der Waals surface area contributed by atoms with Crippen LogP contribution in [0.15, 0.2) is 28.7 Å². The first-order valence-corrected chi connectivity index (χ1v) is 10.3. The average Bonchev–Trinajstić information content (AvgIpc) is 3.20. The van der Waals surface area contributed by atoms with Gasteiger partial charge in [0.15, 0.2) is 11.5 Å². The van der Waals surface area contributed by atoms with E-state index in [9.17, 15) is 23.1 Å². The van der Waals surface area contributed by atoms with Gasteiger partial charge in [0.2, 0.25) is 5.89 Å². The van der Waals surface area contributed by atoms with Crippen LogP contribution < -0.4 is 15.8 Å². The highest BCUT2D eigenvalue weighted by atomic mass is 19.4. The highest BCUT2D eigenvalue weighted by Crippen LogP contribution is 2.36. The number of alkyl halides is 3. The predicted octanol–water partition coefficient (Wildman–Crippen LogP) is 3.51. The van der Waals surface area contributed by atoms with E-state index in [1.165, 1.54) is 19.2 Å². The number of fused-ring (bicyclic) bond motifs is 1. The van der Waals surface area contributed by atoms with Gasteiger partial charge in [-0.3, -0.25) is 4.79 Å². The standard InChI is InChI=1S/C22H25F3N4O4/c1-11(2)8-12(10-30)27-20(31)19-16(9-26)33-21(29-19)14-4-6-15(32-3)18-13(14)5-7-17(28-18)22(23,24)25/h4-7,11-12,30H,8-10,26H2,1-3H3,(H,27,31)/t12-/m0/s1. The topological polar surface area (TPSA) is 124 Å². The summed E-state index contributed by atoms with van der Waals surface area (Å²) in [5.74, 6) is -0.0841. The summed E-state index contributed by atoms with van der Waals surface area (Å²) in [6, 6.07) is 4.62. The van der Waals surface area contributed by atoms with Gasteiger partial charge in [-0.15, -0.1) is 0 Å². The van der Waals surface area contributed by atoms with E-state index in [-0.39, 0.29) is 47.7 Å². The van der Waals surface area contributed by atoms with Gasteiger partial charge < -0.3 is 25.3 Å². The number of aliphatic hydroxyl groups is 1. The quantitative estimate of drug-likeness (QED) is 0.464. The van der Waals surface area contributed by atoms with Gasteiger partial charge in [-0.25, -0.2) is 9.97 Å². The van der Waals surface area contributed by atoms with Gasteiger partial charge in [-0.2, -0.15) is 13.2 Å². The normalized spacial score (nSPS) is 12.9. The van der Waals surface area contributed by atoms with E-state index < -0.39 is 23.8 Å². The third-order valence-electron chi connectivity index (χ3n) is 4.97. The Kier molecular flexibility index (Phi) is 7.23. The molecule has 11 heteroatoms. The van der Waals surface area contributed by atoms with Crippen LogP contribution in [0.1, 0.15) is 42.2 Å². The lowest BCUT2D eigenvalue weighted by atomic mass is 10.0. The molecule has 0 saturated heterocycles. The molecule has 2 heterocycles. The number of amides is 1. The Bertz CT molecular complexity index is 1140. The zero-order valence-electron chi connectivity index (χ0n) is 18.4. The van der Waals surface area contributed by atoms with Gasteiger partial charge in [-0.1, -0.05) is 13.8 Å². The Hall–Kier alpha value is -3.18. The molecule has 0 aliphatic rings. The number of carbonyl (C=O) groups is 1. The van der Waals surface area contributed by atoms with Gasteiger partial charge in [0.05, 0.1) is 26.3 Å². The summed E-state index contributed by atoms with van der Waals surface area (Å²) in [5.41, 5.74) is 4.90. The van der Waals surface area contributed by atoms with Crippen LogP contribution in [0.25, 0.3) is 22.4 Å². The Balaban J connectivity index is 2.06. The third kappa shape index (κ3) is 5.25. The van der Waals surface area contributed by atoms with Crippen LogP contribution in [-0.4, -0.2) is 40.7 Å². The lowest BCUT2D eigenvalue weighted by molar-refractivity contribution is -0.140. The molecule has 0 spiro atoms. The molecule has 2 aromatic heterocycles. The van der Waals surface area contributed by atoms with E-state index >= 15 is 0 Å². The molecule has 0 bridgehead atoms. The molecule has 178 valence electrons. The van der Waals surface area contributed by atoms with Crippen molar-refractivity contribution in [2.45, 2.75) is 39.0 Å². The molecule has 4 N–H and O–H groups in total. The van der Waals surface area contributed by atoms with Crippen molar-refractivity contribution >= 4 is 16.8 Å². The predicted molar refractivity (Wildman–Crippen MR) is 114 cm³/mol. The fourth-order valence-corrected chi connectivity index (χ4v) is 3.49. The first kappa shape index (κ1) is 24.5. The van der Waals surface area contributed by atoms with Crippen molar-refractivity contribution in [3.05, 3.63) is 41.4 Å². The highest BCUT2D eigenvalue weighted by Gasteiger charge is 2.33. The van der Waals surface area contributed by atoms with Crippen molar-refractivity contribution in [1.82, 2.24) is 15.3 Å². The smallest absolute Gasteiger partial charge is 0.433 e. The molecule has 1 aromatic carbocycles. The fourth-order valence-electron chi connectivity index (χ4n) is 3.49. The summed E-state index contributed by atoms with van der Waals surface area (Å²) in [5, 5.41) is 12.6. The van der Waals surface area contributed by atoms with E-state index in [0.29, 0.717) is 17.4 Å². The number of carbonyl (C=O) groups excluding carboxylic acids is 1. The molecule has 3 aromatic rings. The largest absolute Gasteiger partial charge is 0.494 e. The molecule has 1 atom stereocenters. The number of nitrogens with one attached hydrogen (secondary N) is 1. The van der Waals surface area contributed by atoms with Crippen molar-refractivity contribution in [1.29, 1.82) is 0 Å². The zero-order valence-corrected chi connectivity index (χ0v) is 18.4. The molecular formula is C22H25F3N4O4. The Morgan fingerprint density at radius 2 is 1.97 bits per heavy atom. The maximum Gasteiger partial charge on any atom is 0.433 e. The van der Waals surface area contributed by atoms with Crippen LogP contribution in [-0.2, 0) is 12.7 Å². The number of rotatable bonds is 8. The van der Waals surface area contributed by atoms with Gasteiger partial charge in [-0.05, 0) is 36.6 Å². The number of hydrogen-bond acceptors (Lipinski definition) is 7. The van der Waals surface area contributed by atoms with Crippen LogP contribution in [0.5, 0.6) is 5.75 Å².